The van der Waals surface area contributed by atoms with Gasteiger partial charge in [0.2, 0.25) is 0 Å². The summed E-state index contributed by atoms with van der Waals surface area (Å²) >= 11 is 1.30. The van der Waals surface area contributed by atoms with Crippen molar-refractivity contribution in [3.05, 3.63) is 98.4 Å². The van der Waals surface area contributed by atoms with Crippen molar-refractivity contribution in [3.8, 4) is 0 Å². The highest BCUT2D eigenvalue weighted by Gasteiger charge is 2.36. The molecule has 1 aromatic heterocycles. The number of ether oxygens (including phenoxy) is 2. The third kappa shape index (κ3) is 4.50. The molecule has 4 rings (SSSR count). The lowest BCUT2D eigenvalue weighted by atomic mass is 9.81. The first kappa shape index (κ1) is 22.6. The number of anilines is 1. The van der Waals surface area contributed by atoms with E-state index in [1.165, 1.54) is 23.7 Å². The zero-order valence-corrected chi connectivity index (χ0v) is 19.2. The van der Waals surface area contributed by atoms with Crippen LogP contribution in [0.25, 0.3) is 0 Å². The van der Waals surface area contributed by atoms with Gasteiger partial charge in [0, 0.05) is 36.4 Å². The molecule has 2 aromatic carbocycles. The monoisotopic (exact) mass is 465 g/mol. The summed E-state index contributed by atoms with van der Waals surface area (Å²) in [5.74, 6) is -1.05. The normalized spacial score (nSPS) is 16.0. The van der Waals surface area contributed by atoms with Crippen molar-refractivity contribution in [1.29, 1.82) is 0 Å². The number of aryl methyl sites for hydroxylation is 1. The van der Waals surface area contributed by atoms with Crippen LogP contribution in [-0.4, -0.2) is 29.0 Å². The maximum Gasteiger partial charge on any atom is 0.336 e. The molecular weight excluding hydrogens is 442 g/mol. The number of allylic oxidation sites excluding steroid dienone is 1. The summed E-state index contributed by atoms with van der Waals surface area (Å²) in [5.41, 5.74) is 4.10. The Balaban J connectivity index is 1.69. The lowest BCUT2D eigenvalue weighted by molar-refractivity contribution is -0.384. The molecule has 0 saturated carbocycles. The lowest BCUT2D eigenvalue weighted by Crippen LogP contribution is -2.25. The summed E-state index contributed by atoms with van der Waals surface area (Å²) in [6.07, 6.45) is -0.413. The van der Waals surface area contributed by atoms with Crippen molar-refractivity contribution < 1.29 is 19.2 Å². The lowest BCUT2D eigenvalue weighted by Gasteiger charge is -2.28. The third-order valence-corrected chi connectivity index (χ3v) is 6.52. The van der Waals surface area contributed by atoms with Crippen LogP contribution in [0.1, 0.15) is 41.3 Å². The van der Waals surface area contributed by atoms with Crippen LogP contribution in [-0.2, 0) is 14.3 Å². The number of methoxy groups -OCH3 is 1. The van der Waals surface area contributed by atoms with Gasteiger partial charge < -0.3 is 14.8 Å². The molecule has 1 unspecified atom stereocenters. The Hall–Kier alpha value is -3.56. The molecule has 33 heavy (non-hydrogen) atoms. The molecule has 9 heteroatoms. The predicted octanol–water partition coefficient (Wildman–Crippen LogP) is 5.12. The Labute approximate surface area is 195 Å². The van der Waals surface area contributed by atoms with Gasteiger partial charge in [-0.15, -0.1) is 0 Å². The van der Waals surface area contributed by atoms with Gasteiger partial charge in [-0.3, -0.25) is 10.1 Å². The van der Waals surface area contributed by atoms with E-state index in [1.807, 2.05) is 37.3 Å². The molecule has 1 N–H and O–H groups in total. The molecule has 2 heterocycles. The molecule has 0 amide bonds. The zero-order chi connectivity index (χ0) is 23.5. The molecule has 0 saturated heterocycles. The van der Waals surface area contributed by atoms with Gasteiger partial charge in [0.05, 0.1) is 16.2 Å². The number of hydrogen-bond donors (Lipinski definition) is 1. The maximum atomic E-state index is 13.4. The molecule has 0 spiro atoms. The fraction of sp³-hybridized carbons (Fsp3) is 0.250. The maximum absolute atomic E-state index is 13.4. The number of benzene rings is 2. The van der Waals surface area contributed by atoms with E-state index in [4.69, 9.17) is 9.47 Å². The predicted molar refractivity (Wildman–Crippen MR) is 125 cm³/mol. The van der Waals surface area contributed by atoms with Crippen molar-refractivity contribution in [1.82, 2.24) is 4.37 Å². The smallest absolute Gasteiger partial charge is 0.336 e. The SMILES string of the molecule is CO[C@@H](COC(=O)C1=C(C)Nc2snc(C)c2C1c1cccc([N+](=O)[O-])c1)c1ccccc1. The van der Waals surface area contributed by atoms with Gasteiger partial charge in [0.1, 0.15) is 17.7 Å². The van der Waals surface area contributed by atoms with E-state index in [-0.39, 0.29) is 12.3 Å². The highest BCUT2D eigenvalue weighted by Crippen LogP contribution is 2.46. The average molecular weight is 466 g/mol. The summed E-state index contributed by atoms with van der Waals surface area (Å²) in [6.45, 7) is 3.69. The number of nitro benzene ring substituents is 1. The first-order valence-electron chi connectivity index (χ1n) is 10.3. The van der Waals surface area contributed by atoms with Crippen molar-refractivity contribution in [3.63, 3.8) is 0 Å². The van der Waals surface area contributed by atoms with Crippen LogP contribution in [0.15, 0.2) is 65.9 Å². The first-order chi connectivity index (χ1) is 15.9. The van der Waals surface area contributed by atoms with Gasteiger partial charge in [0.15, 0.2) is 0 Å². The van der Waals surface area contributed by atoms with Crippen molar-refractivity contribution in [2.75, 3.05) is 19.0 Å². The Morgan fingerprint density at radius 2 is 1.97 bits per heavy atom. The topological polar surface area (TPSA) is 104 Å². The van der Waals surface area contributed by atoms with Gasteiger partial charge >= 0.3 is 5.97 Å². The molecule has 1 aliphatic heterocycles. The fourth-order valence-electron chi connectivity index (χ4n) is 4.02. The third-order valence-electron chi connectivity index (χ3n) is 5.65. The number of hydrogen-bond acceptors (Lipinski definition) is 8. The largest absolute Gasteiger partial charge is 0.459 e. The van der Waals surface area contributed by atoms with E-state index in [0.717, 1.165) is 21.8 Å². The number of carbonyl (C=O) groups excluding carboxylic acids is 1. The number of nitrogens with zero attached hydrogens (tertiary/aromatic N) is 2. The molecule has 0 radical (unpaired) electrons. The second kappa shape index (κ2) is 9.51. The van der Waals surface area contributed by atoms with E-state index >= 15 is 0 Å². The van der Waals surface area contributed by atoms with E-state index in [0.29, 0.717) is 16.8 Å². The number of nitrogens with one attached hydrogen (secondary N) is 1. The molecule has 3 aromatic rings. The summed E-state index contributed by atoms with van der Waals surface area (Å²) in [4.78, 5) is 24.3. The van der Waals surface area contributed by atoms with Gasteiger partial charge in [-0.05, 0) is 36.5 Å². The highest BCUT2D eigenvalue weighted by molar-refractivity contribution is 7.10. The first-order valence-corrected chi connectivity index (χ1v) is 11.1. The van der Waals surface area contributed by atoms with Gasteiger partial charge in [-0.25, -0.2) is 4.79 Å². The zero-order valence-electron chi connectivity index (χ0n) is 18.4. The second-order valence-electron chi connectivity index (χ2n) is 7.69. The Kier molecular flexibility index (Phi) is 6.52. The molecule has 170 valence electrons. The minimum Gasteiger partial charge on any atom is -0.459 e. The van der Waals surface area contributed by atoms with Crippen LogP contribution in [0.3, 0.4) is 0 Å². The van der Waals surface area contributed by atoms with Crippen LogP contribution >= 0.6 is 11.5 Å². The van der Waals surface area contributed by atoms with E-state index in [1.54, 1.807) is 26.2 Å². The number of esters is 1. The Morgan fingerprint density at radius 1 is 1.21 bits per heavy atom. The highest BCUT2D eigenvalue weighted by atomic mass is 32.1. The van der Waals surface area contributed by atoms with E-state index < -0.39 is 22.9 Å². The molecule has 0 aliphatic carbocycles. The fourth-order valence-corrected chi connectivity index (χ4v) is 4.91. The average Bonchev–Trinajstić information content (AvgIpc) is 3.19. The van der Waals surface area contributed by atoms with Crippen LogP contribution < -0.4 is 5.32 Å². The molecular formula is C24H23N3O5S. The number of fused-ring (bicyclic) bond motifs is 1. The summed E-state index contributed by atoms with van der Waals surface area (Å²) < 4.78 is 15.7. The van der Waals surface area contributed by atoms with Crippen LogP contribution in [0.5, 0.6) is 0 Å². The van der Waals surface area contributed by atoms with Gasteiger partial charge in [-0.1, -0.05) is 42.5 Å². The number of rotatable bonds is 7. The van der Waals surface area contributed by atoms with E-state index in [9.17, 15) is 14.9 Å². The quantitative estimate of drug-likeness (QED) is 0.293. The standard InChI is InChI=1S/C24H23N3O5S/c1-14-21(24(28)32-13-19(31-3)16-8-5-4-6-9-16)22(20-15(2)26-33-23(20)25-14)17-10-7-11-18(12-17)27(29)30/h4-12,19,22,25H,13H2,1-3H3/t19-,22?/m0/s1. The minimum absolute atomic E-state index is 0.0332. The van der Waals surface area contributed by atoms with Crippen molar-refractivity contribution >= 4 is 28.2 Å². The number of nitro groups is 1. The summed E-state index contributed by atoms with van der Waals surface area (Å²) in [6, 6.07) is 15.9. The minimum atomic E-state index is -0.537. The van der Waals surface area contributed by atoms with Crippen LogP contribution in [0.2, 0.25) is 0 Å². The van der Waals surface area contributed by atoms with Crippen molar-refractivity contribution in [2.24, 2.45) is 0 Å². The van der Waals surface area contributed by atoms with E-state index in [2.05, 4.69) is 9.69 Å². The van der Waals surface area contributed by atoms with Gasteiger partial charge in [0.25, 0.3) is 5.69 Å². The number of aromatic nitrogens is 1. The van der Waals surface area contributed by atoms with Crippen molar-refractivity contribution in [2.45, 2.75) is 25.9 Å². The molecule has 0 bridgehead atoms. The molecule has 2 atom stereocenters. The number of carbonyl (C=O) groups is 1. The summed E-state index contributed by atoms with van der Waals surface area (Å²) in [7, 11) is 1.57. The van der Waals surface area contributed by atoms with Crippen LogP contribution in [0, 0.1) is 17.0 Å². The molecule has 8 nitrogen and oxygen atoms in total. The Morgan fingerprint density at radius 3 is 2.67 bits per heavy atom. The summed E-state index contributed by atoms with van der Waals surface area (Å²) in [5, 5.41) is 15.5. The number of non-ortho nitro benzene ring substituents is 1. The van der Waals surface area contributed by atoms with Gasteiger partial charge in [-0.2, -0.15) is 4.37 Å². The molecule has 1 aliphatic rings. The molecule has 0 fully saturated rings. The van der Waals surface area contributed by atoms with Crippen LogP contribution in [0.4, 0.5) is 10.7 Å². The Bertz CT molecular complexity index is 1220. The second-order valence-corrected chi connectivity index (χ2v) is 8.47.